The van der Waals surface area contributed by atoms with Gasteiger partial charge in [0.25, 0.3) is 0 Å². The standard InChI is InChI=1S/C14H19BrN2/c1-9(2)11(8-16)14-10(3)13(15)12-6-4-5-7-17(12)14/h4-7,9,11H,8,16H2,1-3H3. The van der Waals surface area contributed by atoms with Crippen molar-refractivity contribution in [1.29, 1.82) is 0 Å². The molecule has 2 aromatic rings. The summed E-state index contributed by atoms with van der Waals surface area (Å²) in [7, 11) is 0. The van der Waals surface area contributed by atoms with Crippen molar-refractivity contribution < 1.29 is 0 Å². The van der Waals surface area contributed by atoms with Gasteiger partial charge in [0.15, 0.2) is 0 Å². The number of halogens is 1. The van der Waals surface area contributed by atoms with Crippen LogP contribution in [0.4, 0.5) is 0 Å². The molecule has 92 valence electrons. The van der Waals surface area contributed by atoms with E-state index in [0.717, 1.165) is 0 Å². The molecule has 1 unspecified atom stereocenters. The van der Waals surface area contributed by atoms with Crippen LogP contribution in [0, 0.1) is 12.8 Å². The van der Waals surface area contributed by atoms with E-state index in [2.05, 4.69) is 65.5 Å². The fourth-order valence-electron chi connectivity index (χ4n) is 2.47. The van der Waals surface area contributed by atoms with Gasteiger partial charge in [-0.25, -0.2) is 0 Å². The Morgan fingerprint density at radius 2 is 2.06 bits per heavy atom. The van der Waals surface area contributed by atoms with Crippen molar-refractivity contribution in [2.75, 3.05) is 6.54 Å². The van der Waals surface area contributed by atoms with Gasteiger partial charge in [-0.3, -0.25) is 0 Å². The van der Waals surface area contributed by atoms with E-state index in [0.29, 0.717) is 18.4 Å². The van der Waals surface area contributed by atoms with Crippen LogP contribution in [0.3, 0.4) is 0 Å². The van der Waals surface area contributed by atoms with Crippen molar-refractivity contribution in [3.8, 4) is 0 Å². The van der Waals surface area contributed by atoms with Gasteiger partial charge in [0.2, 0.25) is 0 Å². The molecular weight excluding hydrogens is 276 g/mol. The van der Waals surface area contributed by atoms with Crippen LogP contribution in [-0.4, -0.2) is 10.9 Å². The quantitative estimate of drug-likeness (QED) is 0.919. The molecule has 0 saturated carbocycles. The lowest BCUT2D eigenvalue weighted by atomic mass is 9.91. The zero-order valence-corrected chi connectivity index (χ0v) is 12.2. The fraction of sp³-hybridized carbons (Fsp3) is 0.429. The number of hydrogen-bond donors (Lipinski definition) is 1. The van der Waals surface area contributed by atoms with Crippen molar-refractivity contribution in [3.63, 3.8) is 0 Å². The molecule has 2 nitrogen and oxygen atoms in total. The molecule has 1 atom stereocenters. The van der Waals surface area contributed by atoms with Gasteiger partial charge in [-0.2, -0.15) is 0 Å². The Hall–Kier alpha value is -0.800. The number of nitrogens with zero attached hydrogens (tertiary/aromatic N) is 1. The smallest absolute Gasteiger partial charge is 0.0597 e. The average Bonchev–Trinajstić information content (AvgIpc) is 2.56. The number of rotatable bonds is 3. The zero-order valence-electron chi connectivity index (χ0n) is 10.6. The minimum absolute atomic E-state index is 0.399. The highest BCUT2D eigenvalue weighted by Crippen LogP contribution is 2.35. The molecule has 0 aliphatic heterocycles. The Kier molecular flexibility index (Phi) is 3.59. The van der Waals surface area contributed by atoms with Gasteiger partial charge in [0.05, 0.1) is 5.52 Å². The first kappa shape index (κ1) is 12.7. The normalized spacial score (nSPS) is 13.5. The largest absolute Gasteiger partial charge is 0.330 e. The van der Waals surface area contributed by atoms with Gasteiger partial charge < -0.3 is 10.1 Å². The minimum atomic E-state index is 0.399. The molecule has 0 aliphatic carbocycles. The monoisotopic (exact) mass is 294 g/mol. The fourth-order valence-corrected chi connectivity index (χ4v) is 3.00. The van der Waals surface area contributed by atoms with Gasteiger partial charge in [0.1, 0.15) is 0 Å². The summed E-state index contributed by atoms with van der Waals surface area (Å²) < 4.78 is 3.45. The molecule has 0 bridgehead atoms. The summed E-state index contributed by atoms with van der Waals surface area (Å²) in [6.45, 7) is 7.31. The predicted octanol–water partition coefficient (Wildman–Crippen LogP) is 3.71. The average molecular weight is 295 g/mol. The Labute approximate surface area is 111 Å². The molecule has 2 aromatic heterocycles. The Morgan fingerprint density at radius 3 is 2.65 bits per heavy atom. The molecule has 3 heteroatoms. The molecule has 2 rings (SSSR count). The summed E-state index contributed by atoms with van der Waals surface area (Å²) in [5.74, 6) is 0.945. The van der Waals surface area contributed by atoms with E-state index < -0.39 is 0 Å². The minimum Gasteiger partial charge on any atom is -0.330 e. The van der Waals surface area contributed by atoms with Crippen molar-refractivity contribution in [2.45, 2.75) is 26.7 Å². The zero-order chi connectivity index (χ0) is 12.6. The second-order valence-corrected chi connectivity index (χ2v) is 5.66. The number of pyridine rings is 1. The second kappa shape index (κ2) is 4.83. The molecule has 0 amide bonds. The van der Waals surface area contributed by atoms with Crippen LogP contribution in [0.5, 0.6) is 0 Å². The first-order valence-corrected chi connectivity index (χ1v) is 6.82. The van der Waals surface area contributed by atoms with Crippen molar-refractivity contribution in [3.05, 3.63) is 40.1 Å². The lowest BCUT2D eigenvalue weighted by Gasteiger charge is -2.20. The maximum atomic E-state index is 5.95. The van der Waals surface area contributed by atoms with Crippen LogP contribution in [0.15, 0.2) is 28.9 Å². The summed E-state index contributed by atoms with van der Waals surface area (Å²) in [6.07, 6.45) is 2.12. The number of nitrogens with two attached hydrogens (primary N) is 1. The van der Waals surface area contributed by atoms with Crippen molar-refractivity contribution >= 4 is 21.4 Å². The third-order valence-corrected chi connectivity index (χ3v) is 4.47. The number of fused-ring (bicyclic) bond motifs is 1. The molecule has 0 fully saturated rings. The van der Waals surface area contributed by atoms with Crippen LogP contribution in [0.25, 0.3) is 5.52 Å². The number of aromatic nitrogens is 1. The summed E-state index contributed by atoms with van der Waals surface area (Å²) in [6, 6.07) is 6.26. The lowest BCUT2D eigenvalue weighted by Crippen LogP contribution is -2.20. The summed E-state index contributed by atoms with van der Waals surface area (Å²) in [5.41, 5.74) is 9.81. The predicted molar refractivity (Wildman–Crippen MR) is 76.5 cm³/mol. The molecule has 0 radical (unpaired) electrons. The van der Waals surface area contributed by atoms with E-state index in [1.54, 1.807) is 0 Å². The topological polar surface area (TPSA) is 30.4 Å². The van der Waals surface area contributed by atoms with Gasteiger partial charge in [-0.05, 0) is 46.5 Å². The highest BCUT2D eigenvalue weighted by molar-refractivity contribution is 9.10. The highest BCUT2D eigenvalue weighted by atomic mass is 79.9. The van der Waals surface area contributed by atoms with Gasteiger partial charge in [-0.15, -0.1) is 0 Å². The highest BCUT2D eigenvalue weighted by Gasteiger charge is 2.22. The van der Waals surface area contributed by atoms with Gasteiger partial charge in [-0.1, -0.05) is 19.9 Å². The van der Waals surface area contributed by atoms with Crippen LogP contribution in [0.2, 0.25) is 0 Å². The maximum absolute atomic E-state index is 5.95. The van der Waals surface area contributed by atoms with Crippen LogP contribution in [0.1, 0.15) is 31.0 Å². The summed E-state index contributed by atoms with van der Waals surface area (Å²) in [5, 5.41) is 0. The van der Waals surface area contributed by atoms with Crippen LogP contribution in [-0.2, 0) is 0 Å². The SMILES string of the molecule is Cc1c(Br)c2ccccn2c1C(CN)C(C)C. The molecule has 2 N–H and O–H groups in total. The van der Waals surface area contributed by atoms with Crippen molar-refractivity contribution in [1.82, 2.24) is 4.40 Å². The molecule has 2 heterocycles. The van der Waals surface area contributed by atoms with E-state index in [1.165, 1.54) is 21.2 Å². The molecule has 0 spiro atoms. The summed E-state index contributed by atoms with van der Waals surface area (Å²) >= 11 is 3.69. The Balaban J connectivity index is 2.72. The first-order chi connectivity index (χ1) is 8.07. The maximum Gasteiger partial charge on any atom is 0.0597 e. The number of hydrogen-bond acceptors (Lipinski definition) is 1. The third kappa shape index (κ3) is 2.02. The Bertz CT molecular complexity index is 528. The van der Waals surface area contributed by atoms with E-state index in [9.17, 15) is 0 Å². The van der Waals surface area contributed by atoms with Crippen LogP contribution < -0.4 is 5.73 Å². The third-order valence-electron chi connectivity index (χ3n) is 3.47. The van der Waals surface area contributed by atoms with Crippen molar-refractivity contribution in [2.24, 2.45) is 11.7 Å². The first-order valence-electron chi connectivity index (χ1n) is 6.03. The van der Waals surface area contributed by atoms with E-state index in [-0.39, 0.29) is 0 Å². The summed E-state index contributed by atoms with van der Waals surface area (Å²) in [4.78, 5) is 0. The van der Waals surface area contributed by atoms with Gasteiger partial charge >= 0.3 is 0 Å². The van der Waals surface area contributed by atoms with E-state index >= 15 is 0 Å². The lowest BCUT2D eigenvalue weighted by molar-refractivity contribution is 0.491. The molecule has 0 aromatic carbocycles. The molecule has 17 heavy (non-hydrogen) atoms. The molecular formula is C14H19BrN2. The molecule has 0 saturated heterocycles. The Morgan fingerprint density at radius 1 is 1.35 bits per heavy atom. The van der Waals surface area contributed by atoms with Gasteiger partial charge in [0, 0.05) is 28.8 Å². The van der Waals surface area contributed by atoms with E-state index in [1.807, 2.05) is 0 Å². The second-order valence-electron chi connectivity index (χ2n) is 4.87. The van der Waals surface area contributed by atoms with E-state index in [4.69, 9.17) is 5.73 Å². The van der Waals surface area contributed by atoms with Crippen LogP contribution >= 0.6 is 15.9 Å². The molecule has 0 aliphatic rings.